The lowest BCUT2D eigenvalue weighted by atomic mass is 9.73. The van der Waals surface area contributed by atoms with E-state index in [-0.39, 0.29) is 18.2 Å². The highest BCUT2D eigenvalue weighted by Crippen LogP contribution is 2.36. The molecular formula is C13H18BrF4NO2. The summed E-state index contributed by atoms with van der Waals surface area (Å²) in [5.74, 6) is -6.98. The third-order valence-corrected chi connectivity index (χ3v) is 4.63. The Morgan fingerprint density at radius 3 is 2.24 bits per heavy atom. The molecular weight excluding hydrogens is 358 g/mol. The largest absolute Gasteiger partial charge is 0.383 e. The summed E-state index contributed by atoms with van der Waals surface area (Å²) < 4.78 is 50.7. The van der Waals surface area contributed by atoms with E-state index in [4.69, 9.17) is 0 Å². The van der Waals surface area contributed by atoms with Crippen LogP contribution in [0.1, 0.15) is 39.0 Å². The highest BCUT2D eigenvalue weighted by Gasteiger charge is 2.53. The van der Waals surface area contributed by atoms with Crippen LogP contribution in [0.3, 0.4) is 0 Å². The average molecular weight is 376 g/mol. The van der Waals surface area contributed by atoms with Gasteiger partial charge in [-0.1, -0.05) is 29.3 Å². The molecule has 122 valence electrons. The van der Waals surface area contributed by atoms with Crippen molar-refractivity contribution in [3.63, 3.8) is 0 Å². The van der Waals surface area contributed by atoms with E-state index in [0.717, 1.165) is 6.42 Å². The van der Waals surface area contributed by atoms with Crippen LogP contribution in [0.4, 0.5) is 17.6 Å². The van der Waals surface area contributed by atoms with E-state index in [1.54, 1.807) is 0 Å². The molecule has 1 aliphatic carbocycles. The quantitative estimate of drug-likeness (QED) is 0.571. The van der Waals surface area contributed by atoms with Crippen LogP contribution in [0, 0.1) is 5.92 Å². The van der Waals surface area contributed by atoms with Crippen molar-refractivity contribution in [1.29, 1.82) is 0 Å². The molecule has 8 heteroatoms. The Morgan fingerprint density at radius 2 is 1.86 bits per heavy atom. The van der Waals surface area contributed by atoms with E-state index in [0.29, 0.717) is 18.8 Å². The van der Waals surface area contributed by atoms with Gasteiger partial charge in [0, 0.05) is 0 Å². The lowest BCUT2D eigenvalue weighted by Crippen LogP contribution is -2.61. The molecule has 0 unspecified atom stereocenters. The number of alkyl halides is 5. The van der Waals surface area contributed by atoms with E-state index in [2.05, 4.69) is 15.9 Å². The number of carbonyl (C=O) groups excluding carboxylic acids is 2. The highest BCUT2D eigenvalue weighted by atomic mass is 79.9. The number of nitrogens with one attached hydrogen (secondary N) is 1. The van der Waals surface area contributed by atoms with Crippen molar-refractivity contribution in [1.82, 2.24) is 5.32 Å². The maximum atomic E-state index is 13.1. The van der Waals surface area contributed by atoms with E-state index in [1.165, 1.54) is 0 Å². The SMILES string of the molecule is CCC1CCC(NC(=O)C(F)(F)C(F)F)(C(=O)CBr)CC1. The minimum atomic E-state index is -4.79. The van der Waals surface area contributed by atoms with Gasteiger partial charge in [-0.15, -0.1) is 0 Å². The van der Waals surface area contributed by atoms with Gasteiger partial charge < -0.3 is 5.32 Å². The number of Topliss-reactive ketones (excluding diaryl/α,β-unsaturated/α-hetero) is 1. The third kappa shape index (κ3) is 3.96. The Labute approximate surface area is 129 Å². The smallest absolute Gasteiger partial charge is 0.338 e. The second-order valence-electron chi connectivity index (χ2n) is 5.37. The Hall–Kier alpha value is -0.660. The van der Waals surface area contributed by atoms with Crippen LogP contribution in [0.2, 0.25) is 0 Å². The summed E-state index contributed by atoms with van der Waals surface area (Å²) >= 11 is 2.95. The summed E-state index contributed by atoms with van der Waals surface area (Å²) in [6, 6.07) is 0. The number of carbonyl (C=O) groups is 2. The van der Waals surface area contributed by atoms with E-state index in [1.807, 2.05) is 12.2 Å². The first-order valence-electron chi connectivity index (χ1n) is 6.77. The first kappa shape index (κ1) is 18.4. The van der Waals surface area contributed by atoms with Crippen molar-refractivity contribution in [2.24, 2.45) is 5.92 Å². The van der Waals surface area contributed by atoms with Crippen molar-refractivity contribution < 1.29 is 27.2 Å². The van der Waals surface area contributed by atoms with Crippen molar-refractivity contribution in [3.8, 4) is 0 Å². The zero-order chi connectivity index (χ0) is 16.3. The predicted octanol–water partition coefficient (Wildman–Crippen LogP) is 3.31. The van der Waals surface area contributed by atoms with Crippen LogP contribution < -0.4 is 5.32 Å². The molecule has 1 aliphatic rings. The number of halogens is 5. The van der Waals surface area contributed by atoms with Gasteiger partial charge in [-0.25, -0.2) is 8.78 Å². The normalized spacial score (nSPS) is 26.7. The summed E-state index contributed by atoms with van der Waals surface area (Å²) in [5.41, 5.74) is -1.47. The van der Waals surface area contributed by atoms with Crippen LogP contribution in [0.5, 0.6) is 0 Å². The molecule has 0 radical (unpaired) electrons. The zero-order valence-electron chi connectivity index (χ0n) is 11.6. The van der Waals surface area contributed by atoms with Gasteiger partial charge in [-0.3, -0.25) is 9.59 Å². The lowest BCUT2D eigenvalue weighted by molar-refractivity contribution is -0.172. The van der Waals surface area contributed by atoms with E-state index < -0.39 is 29.6 Å². The molecule has 3 nitrogen and oxygen atoms in total. The third-order valence-electron chi connectivity index (χ3n) is 4.12. The van der Waals surface area contributed by atoms with Crippen LogP contribution in [-0.4, -0.2) is 34.9 Å². The van der Waals surface area contributed by atoms with Gasteiger partial charge in [0.15, 0.2) is 5.78 Å². The molecule has 0 atom stereocenters. The Morgan fingerprint density at radius 1 is 1.33 bits per heavy atom. The molecule has 1 saturated carbocycles. The molecule has 0 bridgehead atoms. The van der Waals surface area contributed by atoms with Crippen molar-refractivity contribution in [3.05, 3.63) is 0 Å². The minimum Gasteiger partial charge on any atom is -0.338 e. The Kier molecular flexibility index (Phi) is 6.19. The summed E-state index contributed by atoms with van der Waals surface area (Å²) in [6.45, 7) is 1.98. The second kappa shape index (κ2) is 7.07. The molecule has 0 aromatic heterocycles. The summed E-state index contributed by atoms with van der Waals surface area (Å²) in [4.78, 5) is 23.5. The first-order valence-corrected chi connectivity index (χ1v) is 7.89. The molecule has 0 saturated heterocycles. The molecule has 1 amide bonds. The molecule has 0 aromatic rings. The van der Waals surface area contributed by atoms with Crippen LogP contribution >= 0.6 is 15.9 Å². The molecule has 1 fully saturated rings. The van der Waals surface area contributed by atoms with E-state index in [9.17, 15) is 27.2 Å². The number of rotatable bonds is 6. The van der Waals surface area contributed by atoms with Crippen LogP contribution in [0.25, 0.3) is 0 Å². The lowest BCUT2D eigenvalue weighted by Gasteiger charge is -2.39. The van der Waals surface area contributed by atoms with Gasteiger partial charge in [0.05, 0.1) is 10.9 Å². The van der Waals surface area contributed by atoms with Crippen molar-refractivity contribution >= 4 is 27.6 Å². The summed E-state index contributed by atoms with van der Waals surface area (Å²) in [7, 11) is 0. The maximum Gasteiger partial charge on any atom is 0.383 e. The van der Waals surface area contributed by atoms with Gasteiger partial charge in [-0.2, -0.15) is 8.78 Å². The number of hydrogen-bond acceptors (Lipinski definition) is 2. The Bertz CT molecular complexity index is 396. The molecule has 0 spiro atoms. The fraction of sp³-hybridized carbons (Fsp3) is 0.846. The fourth-order valence-electron chi connectivity index (χ4n) is 2.58. The fourth-order valence-corrected chi connectivity index (χ4v) is 3.12. The minimum absolute atomic E-state index is 0.121. The average Bonchev–Trinajstić information content (AvgIpc) is 2.46. The van der Waals surface area contributed by atoms with Gasteiger partial charge in [0.2, 0.25) is 0 Å². The first-order chi connectivity index (χ1) is 9.69. The number of hydrogen-bond donors (Lipinski definition) is 1. The van der Waals surface area contributed by atoms with Crippen molar-refractivity contribution in [2.45, 2.75) is 56.9 Å². The monoisotopic (exact) mass is 375 g/mol. The number of ketones is 1. The molecule has 1 rings (SSSR count). The molecule has 0 aromatic carbocycles. The van der Waals surface area contributed by atoms with Gasteiger partial charge in [0.25, 0.3) is 5.91 Å². The van der Waals surface area contributed by atoms with Crippen molar-refractivity contribution in [2.75, 3.05) is 5.33 Å². The topological polar surface area (TPSA) is 46.2 Å². The standard InChI is InChI=1S/C13H18BrF4NO2/c1-2-8-3-5-12(6-4-8,9(20)7-14)19-11(21)13(17,18)10(15)16/h8,10H,2-7H2,1H3,(H,19,21). The molecule has 0 aliphatic heterocycles. The maximum absolute atomic E-state index is 13.1. The highest BCUT2D eigenvalue weighted by molar-refractivity contribution is 9.09. The second-order valence-corrected chi connectivity index (χ2v) is 5.93. The van der Waals surface area contributed by atoms with Gasteiger partial charge in [0.1, 0.15) is 0 Å². The Balaban J connectivity index is 2.91. The molecule has 0 heterocycles. The summed E-state index contributed by atoms with van der Waals surface area (Å²) in [6.07, 6.45) is -1.63. The van der Waals surface area contributed by atoms with Crippen LogP contribution in [-0.2, 0) is 9.59 Å². The predicted molar refractivity (Wildman–Crippen MR) is 72.9 cm³/mol. The molecule has 21 heavy (non-hydrogen) atoms. The van der Waals surface area contributed by atoms with Crippen LogP contribution in [0.15, 0.2) is 0 Å². The zero-order valence-corrected chi connectivity index (χ0v) is 13.2. The number of amides is 1. The van der Waals surface area contributed by atoms with Gasteiger partial charge >= 0.3 is 12.3 Å². The molecule has 1 N–H and O–H groups in total. The van der Waals surface area contributed by atoms with Gasteiger partial charge in [-0.05, 0) is 31.6 Å². The van der Waals surface area contributed by atoms with E-state index >= 15 is 0 Å². The summed E-state index contributed by atoms with van der Waals surface area (Å²) in [5, 5.41) is 1.78.